The van der Waals surface area contributed by atoms with Crippen LogP contribution in [0.15, 0.2) is 5.41 Å². The summed E-state index contributed by atoms with van der Waals surface area (Å²) in [7, 11) is 0. The third-order valence-corrected chi connectivity index (χ3v) is 2.01. The van der Waals surface area contributed by atoms with Gasteiger partial charge in [0.25, 0.3) is 0 Å². The molecule has 45 valence electrons. The molecular formula is C6H5N2S. The summed E-state index contributed by atoms with van der Waals surface area (Å²) < 4.78 is 0. The number of imidazole rings is 1. The summed E-state index contributed by atoms with van der Waals surface area (Å²) in [5.41, 5.74) is 2.22. The van der Waals surface area contributed by atoms with E-state index >= 15 is 0 Å². The average Bonchev–Trinajstić information content (AvgIpc) is 2.33. The Balaban J connectivity index is 2.53. The molecule has 2 nitrogen and oxygen atoms in total. The Bertz CT molecular complexity index is 239. The van der Waals surface area contributed by atoms with Crippen LogP contribution in [0.1, 0.15) is 11.4 Å². The number of hydrogen-bond donors (Lipinski definition) is 1. The summed E-state index contributed by atoms with van der Waals surface area (Å²) in [5, 5.41) is 2.06. The Labute approximate surface area is 57.4 Å². The molecule has 0 aromatic carbocycles. The third-order valence-electron chi connectivity index (χ3n) is 1.24. The Hall–Kier alpha value is -0.700. The molecule has 0 bridgehead atoms. The maximum atomic E-state index is 4.00. The number of aromatic amines is 1. The second-order valence-electron chi connectivity index (χ2n) is 1.82. The lowest BCUT2D eigenvalue weighted by atomic mass is 10.3. The first-order chi connectivity index (χ1) is 4.47. The summed E-state index contributed by atoms with van der Waals surface area (Å²) >= 11 is 1.76. The number of thioether (sulfide) groups is 1. The summed E-state index contributed by atoms with van der Waals surface area (Å²) in [5.74, 6) is 0.978. The Kier molecular flexibility index (Phi) is 1.09. The first-order valence-corrected chi connectivity index (χ1v) is 3.75. The van der Waals surface area contributed by atoms with E-state index in [9.17, 15) is 0 Å². The molecule has 0 saturated carbocycles. The van der Waals surface area contributed by atoms with Gasteiger partial charge in [-0.1, -0.05) is 0 Å². The molecule has 0 aliphatic carbocycles. The van der Waals surface area contributed by atoms with Gasteiger partial charge < -0.3 is 4.98 Å². The number of fused-ring (bicyclic) bond motifs is 1. The van der Waals surface area contributed by atoms with Crippen molar-refractivity contribution in [3.63, 3.8) is 0 Å². The van der Waals surface area contributed by atoms with Gasteiger partial charge in [0.1, 0.15) is 0 Å². The zero-order valence-electron chi connectivity index (χ0n) is 4.72. The van der Waals surface area contributed by atoms with Crippen LogP contribution in [-0.4, -0.2) is 9.97 Å². The van der Waals surface area contributed by atoms with Crippen molar-refractivity contribution in [3.8, 4) is 0 Å². The summed E-state index contributed by atoms with van der Waals surface area (Å²) in [6.45, 7) is 0. The lowest BCUT2D eigenvalue weighted by molar-refractivity contribution is 1.22. The van der Waals surface area contributed by atoms with Gasteiger partial charge in [-0.3, -0.25) is 0 Å². The smallest absolute Gasteiger partial charge is 0.174 e. The molecule has 1 aromatic rings. The van der Waals surface area contributed by atoms with Crippen molar-refractivity contribution >= 4 is 17.8 Å². The van der Waals surface area contributed by atoms with E-state index in [0.717, 1.165) is 17.1 Å². The van der Waals surface area contributed by atoms with E-state index in [1.165, 1.54) is 0 Å². The number of H-pyrrole nitrogens is 1. The molecule has 0 amide bonds. The van der Waals surface area contributed by atoms with Gasteiger partial charge in [0.05, 0.1) is 11.4 Å². The molecule has 0 fully saturated rings. The minimum Gasteiger partial charge on any atom is -0.336 e. The average molecular weight is 137 g/mol. The van der Waals surface area contributed by atoms with Gasteiger partial charge in [0.15, 0.2) is 6.33 Å². The zero-order chi connectivity index (χ0) is 6.10. The molecule has 1 aliphatic heterocycles. The SMILES string of the molecule is [c]1nc2c([nH]1)C=CSC2. The van der Waals surface area contributed by atoms with Crippen molar-refractivity contribution < 1.29 is 0 Å². The largest absolute Gasteiger partial charge is 0.336 e. The van der Waals surface area contributed by atoms with Gasteiger partial charge in [-0.25, -0.2) is 4.98 Å². The molecule has 1 aromatic heterocycles. The summed E-state index contributed by atoms with van der Waals surface area (Å²) in [6, 6.07) is 0. The second kappa shape index (κ2) is 1.92. The van der Waals surface area contributed by atoms with Gasteiger partial charge in [-0.2, -0.15) is 0 Å². The lowest BCUT2D eigenvalue weighted by Crippen LogP contribution is -1.86. The van der Waals surface area contributed by atoms with Crippen LogP contribution in [0.3, 0.4) is 0 Å². The van der Waals surface area contributed by atoms with Crippen LogP contribution in [-0.2, 0) is 5.75 Å². The molecule has 0 atom stereocenters. The van der Waals surface area contributed by atoms with E-state index in [4.69, 9.17) is 0 Å². The molecule has 1 N–H and O–H groups in total. The van der Waals surface area contributed by atoms with Crippen molar-refractivity contribution in [1.82, 2.24) is 9.97 Å². The Morgan fingerprint density at radius 1 is 1.78 bits per heavy atom. The van der Waals surface area contributed by atoms with Crippen LogP contribution in [0.25, 0.3) is 6.08 Å². The highest BCUT2D eigenvalue weighted by Crippen LogP contribution is 2.21. The fourth-order valence-electron chi connectivity index (χ4n) is 0.779. The van der Waals surface area contributed by atoms with E-state index in [1.807, 2.05) is 6.08 Å². The lowest BCUT2D eigenvalue weighted by Gasteiger charge is -1.99. The highest BCUT2D eigenvalue weighted by atomic mass is 32.2. The molecule has 1 radical (unpaired) electrons. The predicted molar refractivity (Wildman–Crippen MR) is 37.8 cm³/mol. The molecule has 9 heavy (non-hydrogen) atoms. The third kappa shape index (κ3) is 0.772. The highest BCUT2D eigenvalue weighted by Gasteiger charge is 2.05. The van der Waals surface area contributed by atoms with Gasteiger partial charge in [-0.05, 0) is 11.5 Å². The van der Waals surface area contributed by atoms with Crippen LogP contribution in [0.2, 0.25) is 0 Å². The first-order valence-electron chi connectivity index (χ1n) is 2.70. The molecule has 0 saturated heterocycles. The molecule has 2 heterocycles. The number of nitrogens with zero attached hydrogens (tertiary/aromatic N) is 1. The van der Waals surface area contributed by atoms with E-state index in [0.29, 0.717) is 0 Å². The van der Waals surface area contributed by atoms with Crippen LogP contribution in [0, 0.1) is 6.33 Å². The fourth-order valence-corrected chi connectivity index (χ4v) is 1.49. The number of aromatic nitrogens is 2. The molecular weight excluding hydrogens is 132 g/mol. The van der Waals surface area contributed by atoms with Gasteiger partial charge >= 0.3 is 0 Å². The van der Waals surface area contributed by atoms with Crippen LogP contribution in [0.5, 0.6) is 0 Å². The van der Waals surface area contributed by atoms with Gasteiger partial charge in [0.2, 0.25) is 0 Å². The number of rotatable bonds is 0. The first kappa shape index (κ1) is 5.11. The van der Waals surface area contributed by atoms with E-state index in [1.54, 1.807) is 11.8 Å². The van der Waals surface area contributed by atoms with E-state index < -0.39 is 0 Å². The Morgan fingerprint density at radius 3 is 3.67 bits per heavy atom. The van der Waals surface area contributed by atoms with Crippen molar-refractivity contribution in [2.75, 3.05) is 0 Å². The second-order valence-corrected chi connectivity index (χ2v) is 2.72. The summed E-state index contributed by atoms with van der Waals surface area (Å²) in [6.07, 6.45) is 4.72. The number of hydrogen-bond acceptors (Lipinski definition) is 2. The maximum absolute atomic E-state index is 4.00. The van der Waals surface area contributed by atoms with Gasteiger partial charge in [0, 0.05) is 5.75 Å². The van der Waals surface area contributed by atoms with Crippen LogP contribution < -0.4 is 0 Å². The van der Waals surface area contributed by atoms with Crippen molar-refractivity contribution in [2.24, 2.45) is 0 Å². The Morgan fingerprint density at radius 2 is 2.78 bits per heavy atom. The fraction of sp³-hybridized carbons (Fsp3) is 0.167. The minimum absolute atomic E-state index is 0.978. The molecule has 0 unspecified atom stereocenters. The highest BCUT2D eigenvalue weighted by molar-refractivity contribution is 8.01. The van der Waals surface area contributed by atoms with E-state index in [2.05, 4.69) is 21.7 Å². The molecule has 2 rings (SSSR count). The minimum atomic E-state index is 0.978. The van der Waals surface area contributed by atoms with Crippen molar-refractivity contribution in [2.45, 2.75) is 5.75 Å². The normalized spacial score (nSPS) is 15.6. The quantitative estimate of drug-likeness (QED) is 0.586. The predicted octanol–water partition coefficient (Wildman–Crippen LogP) is 1.43. The zero-order valence-corrected chi connectivity index (χ0v) is 5.53. The van der Waals surface area contributed by atoms with Crippen LogP contribution in [0.4, 0.5) is 0 Å². The maximum Gasteiger partial charge on any atom is 0.174 e. The van der Waals surface area contributed by atoms with Crippen molar-refractivity contribution in [3.05, 3.63) is 23.1 Å². The molecule has 0 spiro atoms. The molecule has 1 aliphatic rings. The topological polar surface area (TPSA) is 28.7 Å². The van der Waals surface area contributed by atoms with Crippen LogP contribution >= 0.6 is 11.8 Å². The van der Waals surface area contributed by atoms with E-state index in [-0.39, 0.29) is 0 Å². The monoisotopic (exact) mass is 137 g/mol. The standard InChI is InChI=1S/C6H5N2S/c1-2-9-3-6-5(1)7-4-8-6/h1-2H,3H2,(H,7,8). The van der Waals surface area contributed by atoms with Gasteiger partial charge in [-0.15, -0.1) is 11.8 Å². The molecule has 3 heteroatoms. The number of nitrogens with one attached hydrogen (secondary N) is 1. The summed E-state index contributed by atoms with van der Waals surface area (Å²) in [4.78, 5) is 6.93. The van der Waals surface area contributed by atoms with Crippen molar-refractivity contribution in [1.29, 1.82) is 0 Å².